The summed E-state index contributed by atoms with van der Waals surface area (Å²) >= 11 is 0. The third kappa shape index (κ3) is 2.42. The SMILES string of the molecule is [2H]CC([2H])([2H])C(=O)Nc1ccccc1. The highest BCUT2D eigenvalue weighted by atomic mass is 16.1. The van der Waals surface area contributed by atoms with Crippen LogP contribution in [0.15, 0.2) is 30.3 Å². The molecule has 0 spiro atoms. The van der Waals surface area contributed by atoms with Gasteiger partial charge in [-0.15, -0.1) is 0 Å². The van der Waals surface area contributed by atoms with E-state index in [0.29, 0.717) is 5.69 Å². The molecule has 58 valence electrons. The van der Waals surface area contributed by atoms with Crippen LogP contribution in [0.3, 0.4) is 0 Å². The lowest BCUT2D eigenvalue weighted by Crippen LogP contribution is -2.08. The van der Waals surface area contributed by atoms with Crippen LogP contribution in [0.4, 0.5) is 5.69 Å². The van der Waals surface area contributed by atoms with Gasteiger partial charge >= 0.3 is 0 Å². The molecule has 1 rings (SSSR count). The van der Waals surface area contributed by atoms with Gasteiger partial charge in [-0.1, -0.05) is 25.1 Å². The number of amides is 1. The second kappa shape index (κ2) is 3.76. The predicted molar refractivity (Wildman–Crippen MR) is 45.4 cm³/mol. The molecule has 2 nitrogen and oxygen atoms in total. The molecule has 0 atom stereocenters. The van der Waals surface area contributed by atoms with Crippen molar-refractivity contribution < 1.29 is 8.91 Å². The van der Waals surface area contributed by atoms with Crippen LogP contribution >= 0.6 is 0 Å². The zero-order valence-corrected chi connectivity index (χ0v) is 6.00. The van der Waals surface area contributed by atoms with E-state index in [4.69, 9.17) is 4.11 Å². The fourth-order valence-electron chi connectivity index (χ4n) is 0.697. The Morgan fingerprint density at radius 2 is 2.36 bits per heavy atom. The molecule has 0 heterocycles. The van der Waals surface area contributed by atoms with Gasteiger partial charge in [0.2, 0.25) is 5.91 Å². The Morgan fingerprint density at radius 3 is 3.00 bits per heavy atom. The molecule has 0 aromatic heterocycles. The lowest BCUT2D eigenvalue weighted by Gasteiger charge is -2.00. The number of carbonyl (C=O) groups excluding carboxylic acids is 1. The van der Waals surface area contributed by atoms with Gasteiger partial charge in [-0.05, 0) is 12.1 Å². The Hall–Kier alpha value is -1.31. The summed E-state index contributed by atoms with van der Waals surface area (Å²) in [6.07, 6.45) is -2.13. The molecule has 0 saturated carbocycles. The number of para-hydroxylation sites is 1. The minimum absolute atomic E-state index is 0.537. The fraction of sp³-hybridized carbons (Fsp3) is 0.222. The molecule has 0 aliphatic carbocycles. The van der Waals surface area contributed by atoms with E-state index in [1.54, 1.807) is 30.3 Å². The van der Waals surface area contributed by atoms with Crippen molar-refractivity contribution in [1.29, 1.82) is 0 Å². The Labute approximate surface area is 70.5 Å². The Morgan fingerprint density at radius 1 is 1.64 bits per heavy atom. The van der Waals surface area contributed by atoms with Gasteiger partial charge in [0.25, 0.3) is 0 Å². The van der Waals surface area contributed by atoms with E-state index >= 15 is 0 Å². The largest absolute Gasteiger partial charge is 0.326 e. The zero-order valence-electron chi connectivity index (χ0n) is 9.00. The van der Waals surface area contributed by atoms with Crippen LogP contribution in [0.25, 0.3) is 0 Å². The normalized spacial score (nSPS) is 14.4. The number of hydrogen-bond acceptors (Lipinski definition) is 1. The number of rotatable bonds is 2. The summed E-state index contributed by atoms with van der Waals surface area (Å²) in [5.41, 5.74) is 0.537. The molecular formula is C9H11NO. The van der Waals surface area contributed by atoms with Crippen LogP contribution in [-0.4, -0.2) is 5.91 Å². The van der Waals surface area contributed by atoms with Gasteiger partial charge in [-0.25, -0.2) is 0 Å². The molecular weight excluding hydrogens is 138 g/mol. The average molecular weight is 152 g/mol. The van der Waals surface area contributed by atoms with E-state index in [1.165, 1.54) is 0 Å². The summed E-state index contributed by atoms with van der Waals surface area (Å²) in [5.74, 6) is -0.779. The number of anilines is 1. The second-order valence-corrected chi connectivity index (χ2v) is 2.00. The highest BCUT2D eigenvalue weighted by molar-refractivity contribution is 5.90. The Balaban J connectivity index is 2.67. The molecule has 2 heteroatoms. The number of benzene rings is 1. The first-order chi connectivity index (χ1) is 6.56. The summed E-state index contributed by atoms with van der Waals surface area (Å²) in [7, 11) is 0. The van der Waals surface area contributed by atoms with E-state index in [1.807, 2.05) is 0 Å². The van der Waals surface area contributed by atoms with Crippen LogP contribution in [-0.2, 0) is 4.79 Å². The second-order valence-electron chi connectivity index (χ2n) is 2.00. The maximum Gasteiger partial charge on any atom is 0.224 e. The molecule has 0 fully saturated rings. The monoisotopic (exact) mass is 152 g/mol. The summed E-state index contributed by atoms with van der Waals surface area (Å²) in [5, 5.41) is 2.40. The molecule has 11 heavy (non-hydrogen) atoms. The molecule has 1 aromatic carbocycles. The molecule has 0 aliphatic heterocycles. The summed E-state index contributed by atoms with van der Waals surface area (Å²) in [6, 6.07) is 8.61. The smallest absolute Gasteiger partial charge is 0.224 e. The minimum atomic E-state index is -2.13. The predicted octanol–water partition coefficient (Wildman–Crippen LogP) is 2.04. The maximum atomic E-state index is 11.3. The van der Waals surface area contributed by atoms with Crippen molar-refractivity contribution >= 4 is 11.6 Å². The van der Waals surface area contributed by atoms with Gasteiger partial charge in [0, 0.05) is 16.2 Å². The first-order valence-corrected chi connectivity index (χ1v) is 3.22. The third-order valence-corrected chi connectivity index (χ3v) is 1.19. The number of hydrogen-bond donors (Lipinski definition) is 1. The van der Waals surface area contributed by atoms with Gasteiger partial charge < -0.3 is 5.32 Å². The lowest BCUT2D eigenvalue weighted by atomic mass is 10.3. The highest BCUT2D eigenvalue weighted by Gasteiger charge is 1.95. The molecule has 0 aliphatic rings. The van der Waals surface area contributed by atoms with Crippen molar-refractivity contribution in [1.82, 2.24) is 0 Å². The average Bonchev–Trinajstić information content (AvgIpc) is 2.19. The van der Waals surface area contributed by atoms with E-state index in [9.17, 15) is 4.79 Å². The van der Waals surface area contributed by atoms with E-state index < -0.39 is 19.2 Å². The first-order valence-electron chi connectivity index (χ1n) is 4.93. The summed E-state index contributed by atoms with van der Waals surface area (Å²) < 4.78 is 21.3. The quantitative estimate of drug-likeness (QED) is 0.690. The first kappa shape index (κ1) is 4.54. The molecule has 0 radical (unpaired) electrons. The standard InChI is InChI=1S/C9H11NO/c1-2-9(11)10-8-6-4-3-5-7-8/h3-7H,2H2,1H3,(H,10,11)/i1D,2D2. The van der Waals surface area contributed by atoms with Crippen LogP contribution in [0.5, 0.6) is 0 Å². The van der Waals surface area contributed by atoms with Crippen molar-refractivity contribution in [3.8, 4) is 0 Å². The number of nitrogens with one attached hydrogen (secondary N) is 1. The molecule has 1 amide bonds. The van der Waals surface area contributed by atoms with Gasteiger partial charge in [-0.3, -0.25) is 4.79 Å². The Bertz CT molecular complexity index is 313. The summed E-state index contributed by atoms with van der Waals surface area (Å²) in [4.78, 5) is 11.3. The third-order valence-electron chi connectivity index (χ3n) is 1.19. The fourth-order valence-corrected chi connectivity index (χ4v) is 0.697. The van der Waals surface area contributed by atoms with Crippen molar-refractivity contribution in [3.63, 3.8) is 0 Å². The van der Waals surface area contributed by atoms with Gasteiger partial charge in [0.05, 0.1) is 0 Å². The molecule has 1 N–H and O–H groups in total. The van der Waals surface area contributed by atoms with E-state index in [0.717, 1.165) is 0 Å². The Kier molecular flexibility index (Phi) is 1.55. The van der Waals surface area contributed by atoms with Crippen LogP contribution < -0.4 is 5.32 Å². The molecule has 0 unspecified atom stereocenters. The van der Waals surface area contributed by atoms with E-state index in [-0.39, 0.29) is 0 Å². The van der Waals surface area contributed by atoms with Crippen LogP contribution in [0.1, 0.15) is 17.4 Å². The topological polar surface area (TPSA) is 29.1 Å². The van der Waals surface area contributed by atoms with E-state index in [2.05, 4.69) is 5.32 Å². The highest BCUT2D eigenvalue weighted by Crippen LogP contribution is 2.04. The van der Waals surface area contributed by atoms with Gasteiger partial charge in [-0.2, -0.15) is 0 Å². The molecule has 0 bridgehead atoms. The lowest BCUT2D eigenvalue weighted by molar-refractivity contribution is -0.115. The minimum Gasteiger partial charge on any atom is -0.326 e. The number of carbonyl (C=O) groups is 1. The maximum absolute atomic E-state index is 11.3. The van der Waals surface area contributed by atoms with Crippen molar-refractivity contribution in [3.05, 3.63) is 30.3 Å². The van der Waals surface area contributed by atoms with Crippen molar-refractivity contribution in [2.75, 3.05) is 5.32 Å². The molecule has 1 aromatic rings. The van der Waals surface area contributed by atoms with Crippen LogP contribution in [0.2, 0.25) is 0 Å². The zero-order chi connectivity index (χ0) is 10.6. The van der Waals surface area contributed by atoms with Gasteiger partial charge in [0.1, 0.15) is 0 Å². The van der Waals surface area contributed by atoms with Crippen molar-refractivity contribution in [2.24, 2.45) is 0 Å². The van der Waals surface area contributed by atoms with Gasteiger partial charge in [0.15, 0.2) is 0 Å². The van der Waals surface area contributed by atoms with Crippen molar-refractivity contribution in [2.45, 2.75) is 13.3 Å². The molecule has 0 saturated heterocycles. The summed E-state index contributed by atoms with van der Waals surface area (Å²) in [6.45, 7) is -0.578. The van der Waals surface area contributed by atoms with Crippen LogP contribution in [0, 0.1) is 0 Å².